The SMILES string of the molecule is CC(C)(C)NCc1cn(CCN2CC3CCCC3C2)nn1. The Hall–Kier alpha value is -0.940. The summed E-state index contributed by atoms with van der Waals surface area (Å²) in [6.45, 7) is 12.0. The van der Waals surface area contributed by atoms with Crippen molar-refractivity contribution in [3.63, 3.8) is 0 Å². The van der Waals surface area contributed by atoms with Crippen LogP contribution in [-0.2, 0) is 13.1 Å². The maximum absolute atomic E-state index is 4.25. The molecular formula is C16H29N5. The van der Waals surface area contributed by atoms with Gasteiger partial charge in [-0.25, -0.2) is 0 Å². The lowest BCUT2D eigenvalue weighted by Crippen LogP contribution is -2.35. The highest BCUT2D eigenvalue weighted by Gasteiger charge is 2.35. The molecule has 2 fully saturated rings. The minimum atomic E-state index is 0.122. The van der Waals surface area contributed by atoms with Gasteiger partial charge in [0.2, 0.25) is 0 Å². The summed E-state index contributed by atoms with van der Waals surface area (Å²) in [6, 6.07) is 0. The molecule has 3 rings (SSSR count). The van der Waals surface area contributed by atoms with Crippen molar-refractivity contribution in [3.05, 3.63) is 11.9 Å². The molecule has 0 spiro atoms. The van der Waals surface area contributed by atoms with Crippen molar-refractivity contribution in [3.8, 4) is 0 Å². The Labute approximate surface area is 128 Å². The molecule has 21 heavy (non-hydrogen) atoms. The van der Waals surface area contributed by atoms with Crippen LogP contribution in [0, 0.1) is 11.8 Å². The molecule has 118 valence electrons. The summed E-state index contributed by atoms with van der Waals surface area (Å²) in [6.07, 6.45) is 6.44. The molecule has 0 bridgehead atoms. The number of hydrogen-bond donors (Lipinski definition) is 1. The van der Waals surface area contributed by atoms with Crippen LogP contribution in [0.1, 0.15) is 45.7 Å². The van der Waals surface area contributed by atoms with Crippen molar-refractivity contribution >= 4 is 0 Å². The van der Waals surface area contributed by atoms with Crippen molar-refractivity contribution in [1.82, 2.24) is 25.2 Å². The van der Waals surface area contributed by atoms with Gasteiger partial charge in [0.05, 0.1) is 12.2 Å². The first-order valence-electron chi connectivity index (χ1n) is 8.36. The second-order valence-corrected chi connectivity index (χ2v) is 7.79. The molecule has 2 atom stereocenters. The van der Waals surface area contributed by atoms with Gasteiger partial charge in [0, 0.05) is 37.9 Å². The fraction of sp³-hybridized carbons (Fsp3) is 0.875. The second-order valence-electron chi connectivity index (χ2n) is 7.79. The van der Waals surface area contributed by atoms with Gasteiger partial charge in [-0.05, 0) is 45.4 Å². The first-order valence-corrected chi connectivity index (χ1v) is 8.36. The summed E-state index contributed by atoms with van der Waals surface area (Å²) in [5, 5.41) is 12.0. The molecule has 2 aliphatic rings. The largest absolute Gasteiger partial charge is 0.306 e. The molecule has 0 amide bonds. The molecule has 0 aromatic carbocycles. The van der Waals surface area contributed by atoms with Crippen molar-refractivity contribution in [2.75, 3.05) is 19.6 Å². The number of fused-ring (bicyclic) bond motifs is 1. The van der Waals surface area contributed by atoms with Crippen molar-refractivity contribution < 1.29 is 0 Å². The normalized spacial score (nSPS) is 26.4. The van der Waals surface area contributed by atoms with Crippen LogP contribution >= 0.6 is 0 Å². The highest BCUT2D eigenvalue weighted by Crippen LogP contribution is 2.37. The van der Waals surface area contributed by atoms with Crippen molar-refractivity contribution in [2.24, 2.45) is 11.8 Å². The molecule has 1 N–H and O–H groups in total. The van der Waals surface area contributed by atoms with E-state index in [2.05, 4.69) is 47.5 Å². The van der Waals surface area contributed by atoms with Crippen LogP contribution in [0.15, 0.2) is 6.20 Å². The van der Waals surface area contributed by atoms with Gasteiger partial charge in [-0.2, -0.15) is 0 Å². The van der Waals surface area contributed by atoms with Crippen LogP contribution in [0.25, 0.3) is 0 Å². The van der Waals surface area contributed by atoms with Gasteiger partial charge >= 0.3 is 0 Å². The molecule has 1 saturated carbocycles. The van der Waals surface area contributed by atoms with E-state index >= 15 is 0 Å². The fourth-order valence-electron chi connectivity index (χ4n) is 3.64. The zero-order valence-corrected chi connectivity index (χ0v) is 13.7. The van der Waals surface area contributed by atoms with E-state index in [4.69, 9.17) is 0 Å². The monoisotopic (exact) mass is 291 g/mol. The van der Waals surface area contributed by atoms with Crippen LogP contribution in [0.5, 0.6) is 0 Å². The average Bonchev–Trinajstić information content (AvgIpc) is 3.08. The highest BCUT2D eigenvalue weighted by atomic mass is 15.4. The quantitative estimate of drug-likeness (QED) is 0.900. The number of hydrogen-bond acceptors (Lipinski definition) is 4. The van der Waals surface area contributed by atoms with Crippen molar-refractivity contribution in [2.45, 2.75) is 58.7 Å². The smallest absolute Gasteiger partial charge is 0.0965 e. The van der Waals surface area contributed by atoms with E-state index in [0.29, 0.717) is 0 Å². The molecule has 1 aliphatic carbocycles. The molecule has 0 radical (unpaired) electrons. The molecule has 5 nitrogen and oxygen atoms in total. The lowest BCUT2D eigenvalue weighted by atomic mass is 10.0. The molecule has 1 aliphatic heterocycles. The number of nitrogens with one attached hydrogen (secondary N) is 1. The third-order valence-electron chi connectivity index (χ3n) is 4.83. The summed E-state index contributed by atoms with van der Waals surface area (Å²) >= 11 is 0. The van der Waals surface area contributed by atoms with E-state index in [1.165, 1.54) is 32.4 Å². The van der Waals surface area contributed by atoms with Crippen LogP contribution in [0.3, 0.4) is 0 Å². The maximum Gasteiger partial charge on any atom is 0.0965 e. The molecule has 5 heteroatoms. The first kappa shape index (κ1) is 15.0. The van der Waals surface area contributed by atoms with Crippen LogP contribution in [-0.4, -0.2) is 45.1 Å². The Morgan fingerprint density at radius 1 is 1.19 bits per heavy atom. The average molecular weight is 291 g/mol. The standard InChI is InChI=1S/C16H29N5/c1-16(2,3)17-9-15-12-21(19-18-15)8-7-20-10-13-5-4-6-14(13)11-20/h12-14,17H,4-11H2,1-3H3. The summed E-state index contributed by atoms with van der Waals surface area (Å²) in [7, 11) is 0. The maximum atomic E-state index is 4.25. The van der Waals surface area contributed by atoms with E-state index in [-0.39, 0.29) is 5.54 Å². The predicted octanol–water partition coefficient (Wildman–Crippen LogP) is 1.90. The Bertz CT molecular complexity index is 449. The van der Waals surface area contributed by atoms with Gasteiger partial charge in [-0.1, -0.05) is 11.6 Å². The topological polar surface area (TPSA) is 46.0 Å². The number of likely N-dealkylation sites (tertiary alicyclic amines) is 1. The van der Waals surface area contributed by atoms with Crippen LogP contribution in [0.2, 0.25) is 0 Å². The lowest BCUT2D eigenvalue weighted by Gasteiger charge is -2.19. The molecule has 1 aromatic heterocycles. The summed E-state index contributed by atoms with van der Waals surface area (Å²) in [5.41, 5.74) is 1.15. The lowest BCUT2D eigenvalue weighted by molar-refractivity contribution is 0.291. The fourth-order valence-corrected chi connectivity index (χ4v) is 3.64. The molecular weight excluding hydrogens is 262 g/mol. The van der Waals surface area contributed by atoms with Gasteiger partial charge in [0.1, 0.15) is 0 Å². The van der Waals surface area contributed by atoms with E-state index < -0.39 is 0 Å². The zero-order chi connectivity index (χ0) is 14.9. The number of aromatic nitrogens is 3. The Morgan fingerprint density at radius 2 is 1.90 bits per heavy atom. The van der Waals surface area contributed by atoms with E-state index in [1.54, 1.807) is 0 Å². The van der Waals surface area contributed by atoms with Gasteiger partial charge in [-0.3, -0.25) is 4.68 Å². The van der Waals surface area contributed by atoms with E-state index in [0.717, 1.165) is 37.2 Å². The summed E-state index contributed by atoms with van der Waals surface area (Å²) in [5.74, 6) is 1.96. The molecule has 2 heterocycles. The molecule has 2 unspecified atom stereocenters. The minimum absolute atomic E-state index is 0.122. The third kappa shape index (κ3) is 4.04. The number of rotatable bonds is 5. The Kier molecular flexibility index (Phi) is 4.31. The zero-order valence-electron chi connectivity index (χ0n) is 13.7. The van der Waals surface area contributed by atoms with Crippen LogP contribution < -0.4 is 5.32 Å². The second kappa shape index (κ2) is 6.05. The molecule has 1 aromatic rings. The minimum Gasteiger partial charge on any atom is -0.306 e. The highest BCUT2D eigenvalue weighted by molar-refractivity contribution is 4.93. The van der Waals surface area contributed by atoms with Gasteiger partial charge in [-0.15, -0.1) is 5.10 Å². The molecule has 1 saturated heterocycles. The van der Waals surface area contributed by atoms with Crippen LogP contribution in [0.4, 0.5) is 0 Å². The van der Waals surface area contributed by atoms with E-state index in [9.17, 15) is 0 Å². The van der Waals surface area contributed by atoms with Gasteiger partial charge in [0.15, 0.2) is 0 Å². The van der Waals surface area contributed by atoms with E-state index in [1.807, 2.05) is 4.68 Å². The van der Waals surface area contributed by atoms with Gasteiger partial charge in [0.25, 0.3) is 0 Å². The van der Waals surface area contributed by atoms with Crippen molar-refractivity contribution in [1.29, 1.82) is 0 Å². The number of nitrogens with zero attached hydrogens (tertiary/aromatic N) is 4. The predicted molar refractivity (Wildman–Crippen MR) is 83.9 cm³/mol. The summed E-state index contributed by atoms with van der Waals surface area (Å²) < 4.78 is 1.99. The Balaban J connectivity index is 1.43. The van der Waals surface area contributed by atoms with Gasteiger partial charge < -0.3 is 10.2 Å². The summed E-state index contributed by atoms with van der Waals surface area (Å²) in [4.78, 5) is 2.61. The third-order valence-corrected chi connectivity index (χ3v) is 4.83. The Morgan fingerprint density at radius 3 is 2.57 bits per heavy atom. The first-order chi connectivity index (χ1) is 9.99.